The van der Waals surface area contributed by atoms with Gasteiger partial charge in [0.25, 0.3) is 0 Å². The van der Waals surface area contributed by atoms with Crippen molar-refractivity contribution in [2.24, 2.45) is 4.99 Å². The highest BCUT2D eigenvalue weighted by molar-refractivity contribution is 5.79. The SMILES string of the molecule is CCNC(=NCc1ccnc(N2CCCC2)c1)NCc1ccccc1OC. The van der Waals surface area contributed by atoms with Crippen molar-refractivity contribution in [1.29, 1.82) is 0 Å². The first-order valence-electron chi connectivity index (χ1n) is 9.64. The molecule has 1 aromatic heterocycles. The number of hydrogen-bond donors (Lipinski definition) is 2. The van der Waals surface area contributed by atoms with Gasteiger partial charge in [-0.05, 0) is 43.5 Å². The molecule has 2 aromatic rings. The van der Waals surface area contributed by atoms with Crippen molar-refractivity contribution in [3.05, 3.63) is 53.7 Å². The number of pyridine rings is 1. The van der Waals surface area contributed by atoms with E-state index in [9.17, 15) is 0 Å². The van der Waals surface area contributed by atoms with E-state index in [4.69, 9.17) is 9.73 Å². The van der Waals surface area contributed by atoms with Gasteiger partial charge in [0.1, 0.15) is 11.6 Å². The van der Waals surface area contributed by atoms with Crippen molar-refractivity contribution in [3.63, 3.8) is 0 Å². The lowest BCUT2D eigenvalue weighted by atomic mass is 10.2. The number of aromatic nitrogens is 1. The van der Waals surface area contributed by atoms with Crippen LogP contribution >= 0.6 is 0 Å². The van der Waals surface area contributed by atoms with Crippen LogP contribution < -0.4 is 20.3 Å². The van der Waals surface area contributed by atoms with Crippen molar-refractivity contribution in [3.8, 4) is 5.75 Å². The second-order valence-electron chi connectivity index (χ2n) is 6.58. The van der Waals surface area contributed by atoms with E-state index in [-0.39, 0.29) is 0 Å². The molecule has 27 heavy (non-hydrogen) atoms. The summed E-state index contributed by atoms with van der Waals surface area (Å²) in [7, 11) is 1.69. The summed E-state index contributed by atoms with van der Waals surface area (Å²) in [5.41, 5.74) is 2.27. The van der Waals surface area contributed by atoms with Crippen LogP contribution in [-0.4, -0.2) is 37.7 Å². The van der Waals surface area contributed by atoms with Gasteiger partial charge in [0.2, 0.25) is 0 Å². The minimum absolute atomic E-state index is 0.616. The van der Waals surface area contributed by atoms with Crippen LogP contribution in [0.3, 0.4) is 0 Å². The zero-order valence-electron chi connectivity index (χ0n) is 16.2. The molecule has 0 aliphatic carbocycles. The summed E-state index contributed by atoms with van der Waals surface area (Å²) in [6.45, 7) is 6.35. The molecule has 1 aliphatic rings. The van der Waals surface area contributed by atoms with Crippen LogP contribution in [0.25, 0.3) is 0 Å². The summed E-state index contributed by atoms with van der Waals surface area (Å²) < 4.78 is 5.42. The summed E-state index contributed by atoms with van der Waals surface area (Å²) in [5.74, 6) is 2.74. The molecular formula is C21H29N5O. The Morgan fingerprint density at radius 2 is 2.00 bits per heavy atom. The summed E-state index contributed by atoms with van der Waals surface area (Å²) in [4.78, 5) is 11.6. The Hall–Kier alpha value is -2.76. The molecule has 1 aliphatic heterocycles. The predicted molar refractivity (Wildman–Crippen MR) is 110 cm³/mol. The first-order valence-corrected chi connectivity index (χ1v) is 9.64. The van der Waals surface area contributed by atoms with Gasteiger partial charge in [0, 0.05) is 37.9 Å². The van der Waals surface area contributed by atoms with Crippen molar-refractivity contribution in [1.82, 2.24) is 15.6 Å². The van der Waals surface area contributed by atoms with Crippen molar-refractivity contribution in [2.75, 3.05) is 31.6 Å². The second-order valence-corrected chi connectivity index (χ2v) is 6.58. The van der Waals surface area contributed by atoms with Crippen LogP contribution in [0.1, 0.15) is 30.9 Å². The summed E-state index contributed by atoms with van der Waals surface area (Å²) in [6, 6.07) is 12.2. The lowest BCUT2D eigenvalue weighted by Crippen LogP contribution is -2.36. The molecule has 0 saturated carbocycles. The number of para-hydroxylation sites is 1. The topological polar surface area (TPSA) is 61.8 Å². The molecule has 0 bridgehead atoms. The molecule has 1 saturated heterocycles. The normalized spacial score (nSPS) is 14.3. The molecule has 6 heteroatoms. The quantitative estimate of drug-likeness (QED) is 0.582. The van der Waals surface area contributed by atoms with Crippen LogP contribution in [-0.2, 0) is 13.1 Å². The maximum absolute atomic E-state index is 5.42. The number of nitrogens with one attached hydrogen (secondary N) is 2. The van der Waals surface area contributed by atoms with Crippen molar-refractivity contribution < 1.29 is 4.74 Å². The lowest BCUT2D eigenvalue weighted by molar-refractivity contribution is 0.409. The third-order valence-electron chi connectivity index (χ3n) is 4.64. The molecule has 0 unspecified atom stereocenters. The number of anilines is 1. The molecule has 2 N–H and O–H groups in total. The zero-order chi connectivity index (χ0) is 18.9. The number of aliphatic imine (C=N–C) groups is 1. The largest absolute Gasteiger partial charge is 0.496 e. The smallest absolute Gasteiger partial charge is 0.191 e. The van der Waals surface area contributed by atoms with Gasteiger partial charge in [-0.15, -0.1) is 0 Å². The van der Waals surface area contributed by atoms with Gasteiger partial charge >= 0.3 is 0 Å². The highest BCUT2D eigenvalue weighted by atomic mass is 16.5. The molecule has 2 heterocycles. The predicted octanol–water partition coefficient (Wildman–Crippen LogP) is 2.95. The Bertz CT molecular complexity index is 756. The fourth-order valence-electron chi connectivity index (χ4n) is 3.22. The van der Waals surface area contributed by atoms with E-state index in [1.165, 1.54) is 18.4 Å². The van der Waals surface area contributed by atoms with Crippen LogP contribution in [0.4, 0.5) is 5.82 Å². The summed E-state index contributed by atoms with van der Waals surface area (Å²) in [5, 5.41) is 6.69. The Labute approximate surface area is 161 Å². The zero-order valence-corrected chi connectivity index (χ0v) is 16.2. The number of rotatable bonds is 7. The molecule has 1 aromatic carbocycles. The molecule has 1 fully saturated rings. The van der Waals surface area contributed by atoms with E-state index in [1.807, 2.05) is 30.5 Å². The van der Waals surface area contributed by atoms with E-state index in [2.05, 4.69) is 39.6 Å². The number of ether oxygens (including phenoxy) is 1. The van der Waals surface area contributed by atoms with E-state index < -0.39 is 0 Å². The number of hydrogen-bond acceptors (Lipinski definition) is 4. The number of methoxy groups -OCH3 is 1. The van der Waals surface area contributed by atoms with Gasteiger partial charge in [-0.1, -0.05) is 18.2 Å². The maximum Gasteiger partial charge on any atom is 0.191 e. The van der Waals surface area contributed by atoms with Crippen molar-refractivity contribution in [2.45, 2.75) is 32.9 Å². The highest BCUT2D eigenvalue weighted by Crippen LogP contribution is 2.19. The number of guanidine groups is 1. The molecule has 0 amide bonds. The maximum atomic E-state index is 5.42. The monoisotopic (exact) mass is 367 g/mol. The first kappa shape index (κ1) is 19.0. The minimum Gasteiger partial charge on any atom is -0.496 e. The number of benzene rings is 1. The van der Waals surface area contributed by atoms with Crippen LogP contribution in [0.15, 0.2) is 47.6 Å². The highest BCUT2D eigenvalue weighted by Gasteiger charge is 2.13. The lowest BCUT2D eigenvalue weighted by Gasteiger charge is -2.17. The van der Waals surface area contributed by atoms with Gasteiger partial charge in [0.05, 0.1) is 13.7 Å². The fourth-order valence-corrected chi connectivity index (χ4v) is 3.22. The van der Waals surface area contributed by atoms with E-state index in [0.29, 0.717) is 13.1 Å². The molecule has 3 rings (SSSR count). The third kappa shape index (κ3) is 5.36. The molecular weight excluding hydrogens is 338 g/mol. The van der Waals surface area contributed by atoms with Gasteiger partial charge in [-0.2, -0.15) is 0 Å². The average Bonchev–Trinajstić information content (AvgIpc) is 3.25. The van der Waals surface area contributed by atoms with Gasteiger partial charge in [-0.3, -0.25) is 0 Å². The standard InChI is InChI=1S/C21H29N5O/c1-3-22-21(25-16-18-8-4-5-9-19(18)27-2)24-15-17-10-11-23-20(14-17)26-12-6-7-13-26/h4-5,8-11,14H,3,6-7,12-13,15-16H2,1-2H3,(H2,22,24,25). The molecule has 6 nitrogen and oxygen atoms in total. The summed E-state index contributed by atoms with van der Waals surface area (Å²) in [6.07, 6.45) is 4.39. The Kier molecular flexibility index (Phi) is 6.90. The van der Waals surface area contributed by atoms with Crippen LogP contribution in [0, 0.1) is 0 Å². The average molecular weight is 367 g/mol. The van der Waals surface area contributed by atoms with E-state index in [1.54, 1.807) is 7.11 Å². The first-order chi connectivity index (χ1) is 13.3. The van der Waals surface area contributed by atoms with Gasteiger partial charge in [-0.25, -0.2) is 9.98 Å². The molecule has 0 radical (unpaired) electrons. The van der Waals surface area contributed by atoms with Gasteiger partial charge < -0.3 is 20.3 Å². The van der Waals surface area contributed by atoms with E-state index >= 15 is 0 Å². The Morgan fingerprint density at radius 1 is 1.19 bits per heavy atom. The third-order valence-corrected chi connectivity index (χ3v) is 4.64. The van der Waals surface area contributed by atoms with E-state index in [0.717, 1.165) is 42.7 Å². The van der Waals surface area contributed by atoms with Gasteiger partial charge in [0.15, 0.2) is 5.96 Å². The van der Waals surface area contributed by atoms with Crippen LogP contribution in [0.2, 0.25) is 0 Å². The molecule has 0 spiro atoms. The Balaban J connectivity index is 1.64. The molecule has 0 atom stereocenters. The summed E-state index contributed by atoms with van der Waals surface area (Å²) >= 11 is 0. The van der Waals surface area contributed by atoms with Crippen molar-refractivity contribution >= 4 is 11.8 Å². The minimum atomic E-state index is 0.616. The molecule has 144 valence electrons. The Morgan fingerprint density at radius 3 is 2.78 bits per heavy atom. The fraction of sp³-hybridized carbons (Fsp3) is 0.429. The number of nitrogens with zero attached hydrogens (tertiary/aromatic N) is 3. The second kappa shape index (κ2) is 9.80. The van der Waals surface area contributed by atoms with Crippen LogP contribution in [0.5, 0.6) is 5.75 Å².